The fraction of sp³-hybridized carbons (Fsp3) is 0.933. The molecule has 0 radical (unpaired) electrons. The van der Waals surface area contributed by atoms with Crippen LogP contribution in [0.15, 0.2) is 0 Å². The van der Waals surface area contributed by atoms with E-state index in [1.807, 2.05) is 0 Å². The van der Waals surface area contributed by atoms with Crippen LogP contribution in [0.25, 0.3) is 0 Å². The predicted molar refractivity (Wildman–Crippen MR) is 73.9 cm³/mol. The number of carbonyl (C=O) groups excluding carboxylic acids is 1. The molecular weight excluding hydrogens is 240 g/mol. The van der Waals surface area contributed by atoms with E-state index in [-0.39, 0.29) is 18.1 Å². The lowest BCUT2D eigenvalue weighted by Crippen LogP contribution is -2.60. The maximum atomic E-state index is 12.1. The second-order valence-electron chi connectivity index (χ2n) is 6.60. The first-order valence-electron chi connectivity index (χ1n) is 7.83. The third-order valence-corrected chi connectivity index (χ3v) is 5.26. The van der Waals surface area contributed by atoms with Crippen molar-refractivity contribution in [3.05, 3.63) is 0 Å². The van der Waals surface area contributed by atoms with E-state index < -0.39 is 0 Å². The van der Waals surface area contributed by atoms with Crippen LogP contribution in [-0.4, -0.2) is 48.7 Å². The number of hydrogen-bond acceptors (Lipinski definition) is 3. The largest absolute Gasteiger partial charge is 0.363 e. The number of hydrogen-bond donors (Lipinski definition) is 1. The Morgan fingerprint density at radius 1 is 1.26 bits per heavy atom. The monoisotopic (exact) mass is 266 g/mol. The highest BCUT2D eigenvalue weighted by Gasteiger charge is 2.44. The van der Waals surface area contributed by atoms with Crippen molar-refractivity contribution in [1.82, 2.24) is 10.2 Å². The quantitative estimate of drug-likeness (QED) is 0.824. The van der Waals surface area contributed by atoms with Crippen LogP contribution in [0.5, 0.6) is 0 Å². The number of amides is 1. The lowest BCUT2D eigenvalue weighted by Gasteiger charge is -2.47. The third-order valence-electron chi connectivity index (χ3n) is 5.26. The molecule has 0 aromatic heterocycles. The predicted octanol–water partition coefficient (Wildman–Crippen LogP) is 1.55. The molecule has 1 N–H and O–H groups in total. The molecule has 1 saturated carbocycles. The molecule has 0 spiro atoms. The number of nitrogens with zero attached hydrogens (tertiary/aromatic N) is 1. The van der Waals surface area contributed by atoms with Gasteiger partial charge in [-0.25, -0.2) is 0 Å². The molecule has 2 heterocycles. The van der Waals surface area contributed by atoms with Crippen LogP contribution < -0.4 is 5.32 Å². The van der Waals surface area contributed by atoms with Gasteiger partial charge in [-0.3, -0.25) is 4.79 Å². The lowest BCUT2D eigenvalue weighted by atomic mass is 9.82. The average molecular weight is 266 g/mol. The smallest absolute Gasteiger partial charge is 0.248 e. The van der Waals surface area contributed by atoms with Gasteiger partial charge in [-0.2, -0.15) is 0 Å². The van der Waals surface area contributed by atoms with Crippen LogP contribution in [0.4, 0.5) is 0 Å². The van der Waals surface area contributed by atoms with Crippen LogP contribution in [0.3, 0.4) is 0 Å². The van der Waals surface area contributed by atoms with Crippen LogP contribution in [0.2, 0.25) is 0 Å². The summed E-state index contributed by atoms with van der Waals surface area (Å²) in [5, 5.41) is 3.47. The second-order valence-corrected chi connectivity index (χ2v) is 6.60. The summed E-state index contributed by atoms with van der Waals surface area (Å²) in [4.78, 5) is 14.3. The fourth-order valence-corrected chi connectivity index (χ4v) is 3.95. The summed E-state index contributed by atoms with van der Waals surface area (Å²) < 4.78 is 5.98. The molecule has 2 aliphatic heterocycles. The highest BCUT2D eigenvalue weighted by Crippen LogP contribution is 2.34. The minimum atomic E-state index is -0.149. The van der Waals surface area contributed by atoms with E-state index in [2.05, 4.69) is 17.1 Å². The Morgan fingerprint density at radius 3 is 2.74 bits per heavy atom. The molecule has 3 fully saturated rings. The molecule has 3 aliphatic rings. The van der Waals surface area contributed by atoms with Gasteiger partial charge in [0.1, 0.15) is 6.61 Å². The van der Waals surface area contributed by atoms with E-state index in [9.17, 15) is 4.79 Å². The number of piperidine rings is 1. The molecule has 2 saturated heterocycles. The first-order chi connectivity index (χ1) is 9.19. The number of carbonyl (C=O) groups is 1. The molecule has 0 aromatic carbocycles. The van der Waals surface area contributed by atoms with Crippen molar-refractivity contribution in [2.75, 3.05) is 26.2 Å². The Balaban J connectivity index is 1.70. The van der Waals surface area contributed by atoms with E-state index in [1.54, 1.807) is 0 Å². The fourth-order valence-electron chi connectivity index (χ4n) is 3.95. The van der Waals surface area contributed by atoms with Crippen LogP contribution >= 0.6 is 0 Å². The molecule has 0 aromatic rings. The molecule has 4 heteroatoms. The van der Waals surface area contributed by atoms with Crippen molar-refractivity contribution in [2.24, 2.45) is 5.92 Å². The minimum absolute atomic E-state index is 0.149. The second kappa shape index (κ2) is 5.41. The van der Waals surface area contributed by atoms with Gasteiger partial charge in [-0.15, -0.1) is 0 Å². The van der Waals surface area contributed by atoms with E-state index in [4.69, 9.17) is 4.74 Å². The molecule has 0 bridgehead atoms. The van der Waals surface area contributed by atoms with Crippen molar-refractivity contribution in [1.29, 1.82) is 0 Å². The topological polar surface area (TPSA) is 41.6 Å². The number of morpholine rings is 1. The zero-order valence-corrected chi connectivity index (χ0v) is 12.0. The average Bonchev–Trinajstić information content (AvgIpc) is 2.97. The Labute approximate surface area is 115 Å². The van der Waals surface area contributed by atoms with E-state index in [0.29, 0.717) is 12.0 Å². The number of ether oxygens (including phenoxy) is 1. The van der Waals surface area contributed by atoms with E-state index in [1.165, 1.54) is 38.5 Å². The third kappa shape index (κ3) is 2.65. The summed E-state index contributed by atoms with van der Waals surface area (Å²) in [5.41, 5.74) is -0.149. The first-order valence-corrected chi connectivity index (χ1v) is 7.83. The van der Waals surface area contributed by atoms with Gasteiger partial charge in [-0.1, -0.05) is 12.8 Å². The van der Waals surface area contributed by atoms with Crippen LogP contribution in [0, 0.1) is 5.92 Å². The maximum Gasteiger partial charge on any atom is 0.248 e. The van der Waals surface area contributed by atoms with Gasteiger partial charge in [0, 0.05) is 18.5 Å². The normalized spacial score (nSPS) is 37.8. The van der Waals surface area contributed by atoms with Gasteiger partial charge in [-0.05, 0) is 39.2 Å². The summed E-state index contributed by atoms with van der Waals surface area (Å²) in [6.07, 6.45) is 7.36. The van der Waals surface area contributed by atoms with Crippen molar-refractivity contribution in [3.63, 3.8) is 0 Å². The molecule has 19 heavy (non-hydrogen) atoms. The van der Waals surface area contributed by atoms with E-state index in [0.717, 1.165) is 19.6 Å². The molecule has 2 unspecified atom stereocenters. The summed E-state index contributed by atoms with van der Waals surface area (Å²) in [5.74, 6) is 0.742. The summed E-state index contributed by atoms with van der Waals surface area (Å²) >= 11 is 0. The van der Waals surface area contributed by atoms with Gasteiger partial charge in [0.05, 0.1) is 12.1 Å². The Bertz CT molecular complexity index is 335. The standard InChI is InChI=1S/C15H26N2O2/c1-15(12-5-4-8-16-9-12)11-17(14(18)10-19-15)13-6-2-3-7-13/h12-13,16H,2-11H2,1H3. The van der Waals surface area contributed by atoms with Crippen molar-refractivity contribution < 1.29 is 9.53 Å². The maximum absolute atomic E-state index is 12.1. The van der Waals surface area contributed by atoms with Crippen LogP contribution in [-0.2, 0) is 9.53 Å². The highest BCUT2D eigenvalue weighted by molar-refractivity contribution is 5.78. The van der Waals surface area contributed by atoms with E-state index >= 15 is 0 Å². The SMILES string of the molecule is CC1(C2CCCNC2)CN(C2CCCC2)C(=O)CO1. The van der Waals surface area contributed by atoms with Crippen molar-refractivity contribution >= 4 is 5.91 Å². The summed E-state index contributed by atoms with van der Waals surface area (Å²) in [6, 6.07) is 0.479. The van der Waals surface area contributed by atoms with Gasteiger partial charge >= 0.3 is 0 Å². The summed E-state index contributed by atoms with van der Waals surface area (Å²) in [7, 11) is 0. The zero-order valence-electron chi connectivity index (χ0n) is 12.0. The Kier molecular flexibility index (Phi) is 3.81. The van der Waals surface area contributed by atoms with Gasteiger partial charge in [0.15, 0.2) is 0 Å². The number of rotatable bonds is 2. The molecule has 4 nitrogen and oxygen atoms in total. The van der Waals surface area contributed by atoms with Gasteiger partial charge in [0.2, 0.25) is 5.91 Å². The summed E-state index contributed by atoms with van der Waals surface area (Å²) in [6.45, 7) is 5.44. The van der Waals surface area contributed by atoms with Gasteiger partial charge < -0.3 is 15.0 Å². The molecule has 108 valence electrons. The molecular formula is C15H26N2O2. The molecule has 1 amide bonds. The highest BCUT2D eigenvalue weighted by atomic mass is 16.5. The minimum Gasteiger partial charge on any atom is -0.363 e. The Morgan fingerprint density at radius 2 is 2.05 bits per heavy atom. The number of nitrogens with one attached hydrogen (secondary N) is 1. The van der Waals surface area contributed by atoms with Crippen molar-refractivity contribution in [2.45, 2.75) is 57.1 Å². The first kappa shape index (κ1) is 13.4. The molecule has 1 aliphatic carbocycles. The van der Waals surface area contributed by atoms with Crippen molar-refractivity contribution in [3.8, 4) is 0 Å². The Hall–Kier alpha value is -0.610. The van der Waals surface area contributed by atoms with Crippen LogP contribution in [0.1, 0.15) is 45.4 Å². The molecule has 3 rings (SSSR count). The molecule has 2 atom stereocenters. The lowest BCUT2D eigenvalue weighted by molar-refractivity contribution is -0.175. The zero-order chi connectivity index (χ0) is 13.3. The van der Waals surface area contributed by atoms with Gasteiger partial charge in [0.25, 0.3) is 0 Å².